The first-order chi connectivity index (χ1) is 8.45. The first-order valence-corrected chi connectivity index (χ1v) is 4.98. The Kier molecular flexibility index (Phi) is 4.52. The average Bonchev–Trinajstić information content (AvgIpc) is 2.34. The highest BCUT2D eigenvalue weighted by Crippen LogP contribution is 2.25. The van der Waals surface area contributed by atoms with Crippen molar-refractivity contribution >= 4 is 17.3 Å². The van der Waals surface area contributed by atoms with Crippen LogP contribution in [0, 0.1) is 10.1 Å². The molecule has 6 nitrogen and oxygen atoms in total. The van der Waals surface area contributed by atoms with Crippen LogP contribution in [0.3, 0.4) is 0 Å². The van der Waals surface area contributed by atoms with Crippen molar-refractivity contribution in [2.24, 2.45) is 0 Å². The number of nitro groups is 1. The molecule has 0 aromatic heterocycles. The first-order valence-electron chi connectivity index (χ1n) is 4.98. The van der Waals surface area contributed by atoms with Crippen LogP contribution in [-0.2, 0) is 0 Å². The SMILES string of the molecule is CNC(=O)c1ccc(NCC(F)F)c([N+](=O)[O-])c1. The zero-order valence-electron chi connectivity index (χ0n) is 9.44. The number of hydrogen-bond donors (Lipinski definition) is 2. The first kappa shape index (κ1) is 13.8. The number of benzene rings is 1. The molecule has 1 aromatic carbocycles. The van der Waals surface area contributed by atoms with Crippen LogP contribution in [-0.4, -0.2) is 30.8 Å². The number of rotatable bonds is 5. The Morgan fingerprint density at radius 2 is 2.17 bits per heavy atom. The molecule has 1 rings (SSSR count). The fourth-order valence-corrected chi connectivity index (χ4v) is 1.30. The van der Waals surface area contributed by atoms with Crippen molar-refractivity contribution in [2.45, 2.75) is 6.43 Å². The summed E-state index contributed by atoms with van der Waals surface area (Å²) in [4.78, 5) is 21.3. The number of nitrogens with one attached hydrogen (secondary N) is 2. The number of nitrogens with zero attached hydrogens (tertiary/aromatic N) is 1. The number of alkyl halides is 2. The van der Waals surface area contributed by atoms with E-state index in [4.69, 9.17) is 0 Å². The number of anilines is 1. The maximum absolute atomic E-state index is 12.0. The lowest BCUT2D eigenvalue weighted by Crippen LogP contribution is -2.18. The molecule has 18 heavy (non-hydrogen) atoms. The van der Waals surface area contributed by atoms with Gasteiger partial charge in [0.05, 0.1) is 11.5 Å². The van der Waals surface area contributed by atoms with Crippen LogP contribution in [0.5, 0.6) is 0 Å². The van der Waals surface area contributed by atoms with Crippen molar-refractivity contribution in [3.05, 3.63) is 33.9 Å². The summed E-state index contributed by atoms with van der Waals surface area (Å²) < 4.78 is 24.0. The normalized spacial score (nSPS) is 10.2. The Labute approximate surface area is 101 Å². The molecule has 8 heteroatoms. The van der Waals surface area contributed by atoms with Crippen LogP contribution in [0.1, 0.15) is 10.4 Å². The third kappa shape index (κ3) is 3.37. The number of nitro benzene ring substituents is 1. The quantitative estimate of drug-likeness (QED) is 0.621. The van der Waals surface area contributed by atoms with E-state index in [1.807, 2.05) is 0 Å². The predicted octanol–water partition coefficient (Wildman–Crippen LogP) is 1.63. The zero-order chi connectivity index (χ0) is 13.7. The molecule has 0 radical (unpaired) electrons. The van der Waals surface area contributed by atoms with E-state index in [2.05, 4.69) is 10.6 Å². The number of amides is 1. The van der Waals surface area contributed by atoms with Crippen molar-refractivity contribution < 1.29 is 18.5 Å². The lowest BCUT2D eigenvalue weighted by atomic mass is 10.1. The number of halogens is 2. The molecule has 0 atom stereocenters. The summed E-state index contributed by atoms with van der Waals surface area (Å²) in [6.45, 7) is -0.694. The van der Waals surface area contributed by atoms with Gasteiger partial charge in [-0.1, -0.05) is 0 Å². The van der Waals surface area contributed by atoms with Crippen LogP contribution in [0.15, 0.2) is 18.2 Å². The molecule has 0 spiro atoms. The fourth-order valence-electron chi connectivity index (χ4n) is 1.30. The van der Waals surface area contributed by atoms with E-state index in [1.165, 1.54) is 19.2 Å². The summed E-state index contributed by atoms with van der Waals surface area (Å²) in [5, 5.41) is 15.3. The lowest BCUT2D eigenvalue weighted by molar-refractivity contribution is -0.384. The fraction of sp³-hybridized carbons (Fsp3) is 0.300. The van der Waals surface area contributed by atoms with Crippen LogP contribution in [0.25, 0.3) is 0 Å². The van der Waals surface area contributed by atoms with Gasteiger partial charge in [0.2, 0.25) is 0 Å². The lowest BCUT2D eigenvalue weighted by Gasteiger charge is -2.07. The molecule has 0 aliphatic heterocycles. The van der Waals surface area contributed by atoms with Gasteiger partial charge in [-0.3, -0.25) is 14.9 Å². The van der Waals surface area contributed by atoms with Gasteiger partial charge in [-0.25, -0.2) is 8.78 Å². The molecule has 0 fully saturated rings. The van der Waals surface area contributed by atoms with E-state index in [9.17, 15) is 23.7 Å². The van der Waals surface area contributed by atoms with Crippen LogP contribution in [0.4, 0.5) is 20.2 Å². The summed E-state index contributed by atoms with van der Waals surface area (Å²) in [6, 6.07) is 3.58. The van der Waals surface area contributed by atoms with E-state index >= 15 is 0 Å². The van der Waals surface area contributed by atoms with E-state index in [0.717, 1.165) is 6.07 Å². The highest BCUT2D eigenvalue weighted by atomic mass is 19.3. The van der Waals surface area contributed by atoms with Gasteiger partial charge >= 0.3 is 0 Å². The van der Waals surface area contributed by atoms with E-state index in [-0.39, 0.29) is 11.3 Å². The molecule has 0 heterocycles. The maximum Gasteiger partial charge on any atom is 0.293 e. The van der Waals surface area contributed by atoms with Crippen molar-refractivity contribution in [1.29, 1.82) is 0 Å². The molecular weight excluding hydrogens is 248 g/mol. The molecule has 1 amide bonds. The molecule has 0 aliphatic rings. The van der Waals surface area contributed by atoms with Crippen LogP contribution >= 0.6 is 0 Å². The molecule has 0 saturated heterocycles. The van der Waals surface area contributed by atoms with E-state index in [1.54, 1.807) is 0 Å². The zero-order valence-corrected chi connectivity index (χ0v) is 9.44. The summed E-state index contributed by atoms with van der Waals surface area (Å²) in [5.41, 5.74) is -0.378. The Morgan fingerprint density at radius 3 is 2.67 bits per heavy atom. The van der Waals surface area contributed by atoms with Crippen molar-refractivity contribution in [3.8, 4) is 0 Å². The maximum atomic E-state index is 12.0. The third-order valence-electron chi connectivity index (χ3n) is 2.13. The molecule has 98 valence electrons. The van der Waals surface area contributed by atoms with Gasteiger partial charge in [0.15, 0.2) is 0 Å². The van der Waals surface area contributed by atoms with Gasteiger partial charge in [-0.2, -0.15) is 0 Å². The summed E-state index contributed by atoms with van der Waals surface area (Å²) in [5.74, 6) is -0.487. The Morgan fingerprint density at radius 1 is 1.50 bits per heavy atom. The second-order valence-electron chi connectivity index (χ2n) is 3.34. The standard InChI is InChI=1S/C10H11F2N3O3/c1-13-10(16)6-2-3-7(14-5-9(11)12)8(4-6)15(17)18/h2-4,9,14H,5H2,1H3,(H,13,16). The number of hydrogen-bond acceptors (Lipinski definition) is 4. The Hall–Kier alpha value is -2.25. The molecule has 0 aliphatic carbocycles. The second kappa shape index (κ2) is 5.89. The van der Waals surface area contributed by atoms with Gasteiger partial charge in [-0.15, -0.1) is 0 Å². The largest absolute Gasteiger partial charge is 0.374 e. The minimum absolute atomic E-state index is 0.0482. The van der Waals surface area contributed by atoms with Crippen molar-refractivity contribution in [2.75, 3.05) is 18.9 Å². The minimum atomic E-state index is -2.62. The monoisotopic (exact) mass is 259 g/mol. The van der Waals surface area contributed by atoms with Crippen molar-refractivity contribution in [3.63, 3.8) is 0 Å². The summed E-state index contributed by atoms with van der Waals surface area (Å²) >= 11 is 0. The van der Waals surface area contributed by atoms with Gasteiger partial charge in [-0.05, 0) is 12.1 Å². The van der Waals surface area contributed by atoms with Gasteiger partial charge in [0.1, 0.15) is 5.69 Å². The van der Waals surface area contributed by atoms with Gasteiger partial charge in [0, 0.05) is 18.7 Å². The van der Waals surface area contributed by atoms with Gasteiger partial charge in [0.25, 0.3) is 18.0 Å². The molecule has 1 aromatic rings. The molecule has 0 saturated carbocycles. The summed E-state index contributed by atoms with van der Waals surface area (Å²) in [6.07, 6.45) is -2.62. The minimum Gasteiger partial charge on any atom is -0.374 e. The average molecular weight is 259 g/mol. The highest BCUT2D eigenvalue weighted by Gasteiger charge is 2.17. The molecule has 0 bridgehead atoms. The molecule has 2 N–H and O–H groups in total. The van der Waals surface area contributed by atoms with E-state index in [0.29, 0.717) is 0 Å². The second-order valence-corrected chi connectivity index (χ2v) is 3.34. The van der Waals surface area contributed by atoms with Crippen molar-refractivity contribution in [1.82, 2.24) is 5.32 Å². The van der Waals surface area contributed by atoms with Crippen LogP contribution < -0.4 is 10.6 Å². The van der Waals surface area contributed by atoms with E-state index < -0.39 is 29.5 Å². The third-order valence-corrected chi connectivity index (χ3v) is 2.13. The molecule has 0 unspecified atom stereocenters. The number of carbonyl (C=O) groups excluding carboxylic acids is 1. The van der Waals surface area contributed by atoms with Crippen LogP contribution in [0.2, 0.25) is 0 Å². The Bertz CT molecular complexity index is 466. The number of carbonyl (C=O) groups is 1. The Balaban J connectivity index is 3.04. The topological polar surface area (TPSA) is 84.3 Å². The highest BCUT2D eigenvalue weighted by molar-refractivity contribution is 5.95. The predicted molar refractivity (Wildman–Crippen MR) is 61.0 cm³/mol. The van der Waals surface area contributed by atoms with Gasteiger partial charge < -0.3 is 10.6 Å². The summed E-state index contributed by atoms with van der Waals surface area (Å²) in [7, 11) is 1.39. The molecular formula is C10H11F2N3O3. The smallest absolute Gasteiger partial charge is 0.293 e.